The van der Waals surface area contributed by atoms with Gasteiger partial charge in [0.05, 0.1) is 6.54 Å². The van der Waals surface area contributed by atoms with Crippen molar-refractivity contribution in [3.63, 3.8) is 0 Å². The summed E-state index contributed by atoms with van der Waals surface area (Å²) in [5, 5.41) is 6.65. The molecule has 0 aliphatic heterocycles. The van der Waals surface area contributed by atoms with E-state index in [4.69, 9.17) is 10.3 Å². The molecule has 7 heteroatoms. The number of nitrogens with two attached hydrogens (primary N) is 1. The zero-order valence-electron chi connectivity index (χ0n) is 8.14. The van der Waals surface area contributed by atoms with Crippen molar-refractivity contribution in [1.82, 2.24) is 20.1 Å². The molecule has 78 valence electrons. The van der Waals surface area contributed by atoms with Crippen LogP contribution in [-0.2, 0) is 6.54 Å². The van der Waals surface area contributed by atoms with E-state index in [0.717, 1.165) is 0 Å². The van der Waals surface area contributed by atoms with Crippen LogP contribution in [0.5, 0.6) is 0 Å². The Morgan fingerprint density at radius 2 is 2.33 bits per heavy atom. The monoisotopic (exact) mass is 206 g/mol. The number of nitrogen functional groups attached to an aromatic ring is 1. The maximum atomic E-state index is 5.42. The van der Waals surface area contributed by atoms with Gasteiger partial charge in [-0.2, -0.15) is 9.97 Å². The van der Waals surface area contributed by atoms with E-state index in [-0.39, 0.29) is 5.95 Å². The Morgan fingerprint density at radius 1 is 1.47 bits per heavy atom. The van der Waals surface area contributed by atoms with Crippen molar-refractivity contribution in [2.75, 3.05) is 11.1 Å². The van der Waals surface area contributed by atoms with Gasteiger partial charge in [-0.1, -0.05) is 5.16 Å². The van der Waals surface area contributed by atoms with Crippen LogP contribution in [-0.4, -0.2) is 20.1 Å². The molecule has 0 unspecified atom stereocenters. The minimum atomic E-state index is 0.224. The quantitative estimate of drug-likeness (QED) is 0.747. The summed E-state index contributed by atoms with van der Waals surface area (Å²) in [6, 6.07) is 1.71. The summed E-state index contributed by atoms with van der Waals surface area (Å²) in [6.07, 6.45) is 1.57. The van der Waals surface area contributed by atoms with Crippen LogP contribution in [0.15, 0.2) is 16.8 Å². The molecular weight excluding hydrogens is 196 g/mol. The summed E-state index contributed by atoms with van der Waals surface area (Å²) in [5.74, 6) is 1.96. The molecule has 2 rings (SSSR count). The van der Waals surface area contributed by atoms with Crippen LogP contribution in [0, 0.1) is 6.92 Å². The topological polar surface area (TPSA) is 103 Å². The van der Waals surface area contributed by atoms with Gasteiger partial charge in [0, 0.05) is 6.20 Å². The normalized spacial score (nSPS) is 10.2. The Morgan fingerprint density at radius 3 is 3.00 bits per heavy atom. The Hall–Kier alpha value is -2.18. The molecule has 0 radical (unpaired) electrons. The Balaban J connectivity index is 1.99. The third-order valence-corrected chi connectivity index (χ3v) is 1.66. The van der Waals surface area contributed by atoms with Gasteiger partial charge in [0.2, 0.25) is 11.8 Å². The molecule has 2 heterocycles. The second-order valence-electron chi connectivity index (χ2n) is 2.89. The molecule has 3 N–H and O–H groups in total. The third kappa shape index (κ3) is 2.39. The molecule has 0 bridgehead atoms. The predicted octanol–water partition coefficient (Wildman–Crippen LogP) is 0.362. The van der Waals surface area contributed by atoms with Gasteiger partial charge >= 0.3 is 0 Å². The first-order valence-electron chi connectivity index (χ1n) is 4.35. The molecule has 0 atom stereocenters. The molecule has 0 amide bonds. The zero-order chi connectivity index (χ0) is 10.7. The van der Waals surface area contributed by atoms with Crippen molar-refractivity contribution < 1.29 is 4.52 Å². The molecule has 0 aliphatic rings. The number of hydrogen-bond donors (Lipinski definition) is 2. The van der Waals surface area contributed by atoms with Crippen LogP contribution in [0.3, 0.4) is 0 Å². The fourth-order valence-electron chi connectivity index (χ4n) is 1.05. The molecular formula is C8H10N6O. The number of nitrogens with zero attached hydrogens (tertiary/aromatic N) is 4. The summed E-state index contributed by atoms with van der Waals surface area (Å²) >= 11 is 0. The van der Waals surface area contributed by atoms with Crippen LogP contribution in [0.2, 0.25) is 0 Å². The Bertz CT molecular complexity index is 454. The first-order valence-corrected chi connectivity index (χ1v) is 4.35. The van der Waals surface area contributed by atoms with Gasteiger partial charge in [0.25, 0.3) is 0 Å². The molecule has 15 heavy (non-hydrogen) atoms. The van der Waals surface area contributed by atoms with Crippen molar-refractivity contribution in [3.05, 3.63) is 24.0 Å². The highest BCUT2D eigenvalue weighted by atomic mass is 16.5. The van der Waals surface area contributed by atoms with E-state index in [2.05, 4.69) is 25.4 Å². The van der Waals surface area contributed by atoms with Gasteiger partial charge in [0.1, 0.15) is 5.82 Å². The lowest BCUT2D eigenvalue weighted by Crippen LogP contribution is -2.04. The molecule has 2 aromatic heterocycles. The number of anilines is 2. The average molecular weight is 206 g/mol. The van der Waals surface area contributed by atoms with E-state index in [1.165, 1.54) is 0 Å². The van der Waals surface area contributed by atoms with Crippen molar-refractivity contribution >= 4 is 11.8 Å². The van der Waals surface area contributed by atoms with Gasteiger partial charge < -0.3 is 15.6 Å². The van der Waals surface area contributed by atoms with Crippen LogP contribution in [0.1, 0.15) is 11.7 Å². The molecule has 7 nitrogen and oxygen atoms in total. The highest BCUT2D eigenvalue weighted by Crippen LogP contribution is 2.05. The lowest BCUT2D eigenvalue weighted by molar-refractivity contribution is 0.379. The highest BCUT2D eigenvalue weighted by molar-refractivity contribution is 5.37. The number of aryl methyl sites for hydroxylation is 1. The Labute approximate surface area is 85.7 Å². The summed E-state index contributed by atoms with van der Waals surface area (Å²) in [4.78, 5) is 11.8. The van der Waals surface area contributed by atoms with E-state index in [0.29, 0.717) is 24.1 Å². The maximum Gasteiger partial charge on any atom is 0.245 e. The number of hydrogen-bond acceptors (Lipinski definition) is 7. The minimum Gasteiger partial charge on any atom is -0.368 e. The standard InChI is InChI=1S/C8H10N6O/c1-5-12-7(15-14-5)4-11-6-2-3-10-8(9)13-6/h2-3H,4H2,1H3,(H3,9,10,11,13). The van der Waals surface area contributed by atoms with Crippen LogP contribution >= 0.6 is 0 Å². The fraction of sp³-hybridized carbons (Fsp3) is 0.250. The van der Waals surface area contributed by atoms with Crippen LogP contribution in [0.4, 0.5) is 11.8 Å². The number of aromatic nitrogens is 4. The van der Waals surface area contributed by atoms with Gasteiger partial charge in [-0.25, -0.2) is 4.98 Å². The lowest BCUT2D eigenvalue weighted by atomic mass is 10.5. The summed E-state index contributed by atoms with van der Waals surface area (Å²) in [7, 11) is 0. The van der Waals surface area contributed by atoms with Gasteiger partial charge in [-0.05, 0) is 13.0 Å². The van der Waals surface area contributed by atoms with E-state index < -0.39 is 0 Å². The molecule has 0 saturated heterocycles. The average Bonchev–Trinajstić information content (AvgIpc) is 2.62. The SMILES string of the molecule is Cc1noc(CNc2ccnc(N)n2)n1. The van der Waals surface area contributed by atoms with E-state index in [1.807, 2.05) is 0 Å². The fourth-order valence-corrected chi connectivity index (χ4v) is 1.05. The molecule has 0 aromatic carbocycles. The Kier molecular flexibility index (Phi) is 2.44. The van der Waals surface area contributed by atoms with Crippen LogP contribution < -0.4 is 11.1 Å². The smallest absolute Gasteiger partial charge is 0.245 e. The minimum absolute atomic E-state index is 0.224. The van der Waals surface area contributed by atoms with Gasteiger partial charge in [-0.3, -0.25) is 0 Å². The van der Waals surface area contributed by atoms with E-state index in [9.17, 15) is 0 Å². The number of rotatable bonds is 3. The molecule has 0 spiro atoms. The predicted molar refractivity (Wildman–Crippen MR) is 52.8 cm³/mol. The van der Waals surface area contributed by atoms with E-state index in [1.54, 1.807) is 19.2 Å². The molecule has 2 aromatic rings. The first-order chi connectivity index (χ1) is 7.24. The molecule has 0 saturated carbocycles. The van der Waals surface area contributed by atoms with Crippen molar-refractivity contribution in [2.45, 2.75) is 13.5 Å². The van der Waals surface area contributed by atoms with Crippen molar-refractivity contribution in [2.24, 2.45) is 0 Å². The van der Waals surface area contributed by atoms with Gasteiger partial charge in [-0.15, -0.1) is 0 Å². The molecule has 0 aliphatic carbocycles. The highest BCUT2D eigenvalue weighted by Gasteiger charge is 2.02. The summed E-state index contributed by atoms with van der Waals surface area (Å²) < 4.78 is 4.92. The summed E-state index contributed by atoms with van der Waals surface area (Å²) in [5.41, 5.74) is 5.42. The van der Waals surface area contributed by atoms with Crippen LogP contribution in [0.25, 0.3) is 0 Å². The second-order valence-corrected chi connectivity index (χ2v) is 2.89. The molecule has 0 fully saturated rings. The van der Waals surface area contributed by atoms with E-state index >= 15 is 0 Å². The first kappa shape index (κ1) is 9.38. The zero-order valence-corrected chi connectivity index (χ0v) is 8.14. The third-order valence-electron chi connectivity index (χ3n) is 1.66. The van der Waals surface area contributed by atoms with Crippen molar-refractivity contribution in [1.29, 1.82) is 0 Å². The van der Waals surface area contributed by atoms with Gasteiger partial charge in [0.15, 0.2) is 5.82 Å². The number of nitrogens with one attached hydrogen (secondary N) is 1. The lowest BCUT2D eigenvalue weighted by Gasteiger charge is -2.01. The van der Waals surface area contributed by atoms with Crippen molar-refractivity contribution in [3.8, 4) is 0 Å². The maximum absolute atomic E-state index is 5.42. The largest absolute Gasteiger partial charge is 0.368 e. The summed E-state index contributed by atoms with van der Waals surface area (Å²) in [6.45, 7) is 2.17. The second kappa shape index (κ2) is 3.91.